The predicted octanol–water partition coefficient (Wildman–Crippen LogP) is 1.83. The van der Waals surface area contributed by atoms with Crippen molar-refractivity contribution in [2.75, 3.05) is 13.1 Å². The van der Waals surface area contributed by atoms with Crippen LogP contribution in [0.1, 0.15) is 41.4 Å². The molecular formula is C19H24N4O2. The Balaban J connectivity index is 1.81. The molecule has 25 heavy (non-hydrogen) atoms. The molecule has 2 heterocycles. The van der Waals surface area contributed by atoms with Crippen molar-refractivity contribution in [3.05, 3.63) is 53.3 Å². The molecule has 1 aliphatic rings. The summed E-state index contributed by atoms with van der Waals surface area (Å²) in [5, 5.41) is 4.45. The number of carbonyl (C=O) groups excluding carboxylic acids is 2. The Labute approximate surface area is 147 Å². The number of benzene rings is 1. The highest BCUT2D eigenvalue weighted by Gasteiger charge is 2.31. The fraction of sp³-hybridized carbons (Fsp3) is 0.421. The van der Waals surface area contributed by atoms with Crippen molar-refractivity contribution in [3.63, 3.8) is 0 Å². The summed E-state index contributed by atoms with van der Waals surface area (Å²) < 4.78 is 1.91. The van der Waals surface area contributed by atoms with Crippen LogP contribution in [0.5, 0.6) is 0 Å². The van der Waals surface area contributed by atoms with Crippen LogP contribution in [0, 0.1) is 5.92 Å². The van der Waals surface area contributed by atoms with E-state index >= 15 is 0 Å². The lowest BCUT2D eigenvalue weighted by molar-refractivity contribution is -0.121. The second kappa shape index (κ2) is 7.51. The molecule has 0 bridgehead atoms. The summed E-state index contributed by atoms with van der Waals surface area (Å²) in [5.74, 6) is -0.617. The third kappa shape index (κ3) is 3.73. The van der Waals surface area contributed by atoms with Gasteiger partial charge in [0.05, 0.1) is 29.9 Å². The number of hydrogen-bond acceptors (Lipinski definition) is 3. The van der Waals surface area contributed by atoms with Gasteiger partial charge in [0.25, 0.3) is 5.91 Å². The third-order valence-electron chi connectivity index (χ3n) is 4.72. The third-order valence-corrected chi connectivity index (χ3v) is 4.72. The average molecular weight is 340 g/mol. The minimum absolute atomic E-state index is 0.0495. The fourth-order valence-electron chi connectivity index (χ4n) is 3.33. The molecule has 1 aromatic carbocycles. The Morgan fingerprint density at radius 2 is 2.04 bits per heavy atom. The largest absolute Gasteiger partial charge is 0.369 e. The molecule has 1 atom stereocenters. The molecule has 1 aliphatic heterocycles. The Hall–Kier alpha value is -2.63. The van der Waals surface area contributed by atoms with Crippen molar-refractivity contribution >= 4 is 11.8 Å². The van der Waals surface area contributed by atoms with Crippen LogP contribution < -0.4 is 5.73 Å². The van der Waals surface area contributed by atoms with Crippen LogP contribution in [-0.4, -0.2) is 39.6 Å². The zero-order valence-corrected chi connectivity index (χ0v) is 14.5. The van der Waals surface area contributed by atoms with Gasteiger partial charge in [-0.3, -0.25) is 14.3 Å². The fourth-order valence-corrected chi connectivity index (χ4v) is 3.33. The summed E-state index contributed by atoms with van der Waals surface area (Å²) in [6, 6.07) is 10.1. The van der Waals surface area contributed by atoms with Gasteiger partial charge in [0.2, 0.25) is 5.91 Å². The summed E-state index contributed by atoms with van der Waals surface area (Å²) in [7, 11) is 0. The number of rotatable bonds is 6. The zero-order chi connectivity index (χ0) is 17.8. The van der Waals surface area contributed by atoms with Gasteiger partial charge in [-0.25, -0.2) is 0 Å². The molecule has 132 valence electrons. The first kappa shape index (κ1) is 17.2. The van der Waals surface area contributed by atoms with Crippen LogP contribution in [0.2, 0.25) is 0 Å². The molecule has 0 aliphatic carbocycles. The van der Waals surface area contributed by atoms with Crippen LogP contribution in [0.25, 0.3) is 0 Å². The summed E-state index contributed by atoms with van der Waals surface area (Å²) >= 11 is 0. The number of hydrogen-bond donors (Lipinski definition) is 1. The quantitative estimate of drug-likeness (QED) is 0.871. The number of nitrogens with two attached hydrogens (primary N) is 1. The molecule has 0 saturated carbocycles. The van der Waals surface area contributed by atoms with Crippen LogP contribution >= 0.6 is 0 Å². The maximum atomic E-state index is 12.9. The molecule has 1 saturated heterocycles. The van der Waals surface area contributed by atoms with Gasteiger partial charge in [-0.05, 0) is 18.4 Å². The Kier molecular flexibility index (Phi) is 5.16. The van der Waals surface area contributed by atoms with E-state index in [0.29, 0.717) is 31.6 Å². The molecule has 3 rings (SSSR count). The van der Waals surface area contributed by atoms with Crippen molar-refractivity contribution < 1.29 is 9.59 Å². The van der Waals surface area contributed by atoms with E-state index in [2.05, 4.69) is 24.2 Å². The van der Waals surface area contributed by atoms with E-state index in [1.165, 1.54) is 0 Å². The maximum absolute atomic E-state index is 12.9. The number of carbonyl (C=O) groups is 2. The molecule has 0 spiro atoms. The number of likely N-dealkylation sites (tertiary alicyclic amines) is 1. The van der Waals surface area contributed by atoms with Crippen LogP contribution in [-0.2, 0) is 17.8 Å². The second-order valence-corrected chi connectivity index (χ2v) is 6.54. The summed E-state index contributed by atoms with van der Waals surface area (Å²) in [5.41, 5.74) is 8.12. The number of nitrogens with zero attached hydrogens (tertiary/aromatic N) is 3. The van der Waals surface area contributed by atoms with Gasteiger partial charge in [0.15, 0.2) is 0 Å². The predicted molar refractivity (Wildman–Crippen MR) is 95.0 cm³/mol. The highest BCUT2D eigenvalue weighted by atomic mass is 16.2. The number of aromatic nitrogens is 2. The first-order chi connectivity index (χ1) is 12.1. The van der Waals surface area contributed by atoms with Gasteiger partial charge in [-0.2, -0.15) is 5.10 Å². The first-order valence-electron chi connectivity index (χ1n) is 8.77. The molecule has 0 radical (unpaired) electrons. The SMILES string of the molecule is CCCc1c(C(=O)N2CC[C@H](C(N)=O)C2)cnn1Cc1ccccc1. The molecule has 1 fully saturated rings. The highest BCUT2D eigenvalue weighted by Crippen LogP contribution is 2.21. The smallest absolute Gasteiger partial charge is 0.257 e. The van der Waals surface area contributed by atoms with E-state index in [1.54, 1.807) is 11.1 Å². The highest BCUT2D eigenvalue weighted by molar-refractivity contribution is 5.95. The standard InChI is InChI=1S/C19H24N4O2/c1-2-6-17-16(19(25)22-10-9-15(13-22)18(20)24)11-21-23(17)12-14-7-4-3-5-8-14/h3-5,7-8,11,15H,2,6,9-10,12-13H2,1H3,(H2,20,24)/t15-/m0/s1. The van der Waals surface area contributed by atoms with E-state index in [1.807, 2.05) is 22.9 Å². The molecule has 2 aromatic rings. The Bertz CT molecular complexity index is 754. The lowest BCUT2D eigenvalue weighted by Gasteiger charge is -2.16. The summed E-state index contributed by atoms with van der Waals surface area (Å²) in [6.45, 7) is 3.71. The molecule has 1 aromatic heterocycles. The zero-order valence-electron chi connectivity index (χ0n) is 14.5. The van der Waals surface area contributed by atoms with E-state index in [-0.39, 0.29) is 17.7 Å². The van der Waals surface area contributed by atoms with Gasteiger partial charge in [0.1, 0.15) is 0 Å². The van der Waals surface area contributed by atoms with Gasteiger partial charge >= 0.3 is 0 Å². The number of primary amides is 1. The van der Waals surface area contributed by atoms with E-state index < -0.39 is 0 Å². The van der Waals surface area contributed by atoms with Crippen LogP contribution in [0.15, 0.2) is 36.5 Å². The molecule has 6 heteroatoms. The van der Waals surface area contributed by atoms with Gasteiger partial charge in [-0.1, -0.05) is 43.7 Å². The topological polar surface area (TPSA) is 81.2 Å². The lowest BCUT2D eigenvalue weighted by atomic mass is 10.1. The van der Waals surface area contributed by atoms with Gasteiger partial charge in [0, 0.05) is 13.1 Å². The molecule has 2 amide bonds. The van der Waals surface area contributed by atoms with E-state index in [0.717, 1.165) is 24.1 Å². The van der Waals surface area contributed by atoms with E-state index in [9.17, 15) is 9.59 Å². The Morgan fingerprint density at radius 3 is 2.68 bits per heavy atom. The normalized spacial score (nSPS) is 17.0. The monoisotopic (exact) mass is 340 g/mol. The minimum atomic E-state index is -0.330. The molecular weight excluding hydrogens is 316 g/mol. The van der Waals surface area contributed by atoms with Crippen molar-refractivity contribution in [1.29, 1.82) is 0 Å². The Morgan fingerprint density at radius 1 is 1.28 bits per heavy atom. The van der Waals surface area contributed by atoms with Crippen molar-refractivity contribution in [2.45, 2.75) is 32.7 Å². The van der Waals surface area contributed by atoms with Crippen molar-refractivity contribution in [3.8, 4) is 0 Å². The summed E-state index contributed by atoms with van der Waals surface area (Å²) in [6.07, 6.45) is 4.03. The molecule has 0 unspecified atom stereocenters. The van der Waals surface area contributed by atoms with Crippen molar-refractivity contribution in [1.82, 2.24) is 14.7 Å². The van der Waals surface area contributed by atoms with E-state index in [4.69, 9.17) is 5.73 Å². The second-order valence-electron chi connectivity index (χ2n) is 6.54. The average Bonchev–Trinajstić information content (AvgIpc) is 3.24. The van der Waals surface area contributed by atoms with Crippen LogP contribution in [0.3, 0.4) is 0 Å². The first-order valence-corrected chi connectivity index (χ1v) is 8.77. The number of amides is 2. The van der Waals surface area contributed by atoms with Crippen molar-refractivity contribution in [2.24, 2.45) is 11.7 Å². The minimum Gasteiger partial charge on any atom is -0.369 e. The molecule has 6 nitrogen and oxygen atoms in total. The van der Waals surface area contributed by atoms with Crippen LogP contribution in [0.4, 0.5) is 0 Å². The van der Waals surface area contributed by atoms with Gasteiger partial charge in [-0.15, -0.1) is 0 Å². The summed E-state index contributed by atoms with van der Waals surface area (Å²) in [4.78, 5) is 26.0. The van der Waals surface area contributed by atoms with Gasteiger partial charge < -0.3 is 10.6 Å². The molecule has 2 N–H and O–H groups in total. The maximum Gasteiger partial charge on any atom is 0.257 e. The lowest BCUT2D eigenvalue weighted by Crippen LogP contribution is -2.32.